The lowest BCUT2D eigenvalue weighted by atomic mass is 9.86. The zero-order chi connectivity index (χ0) is 7.94. The molecule has 1 aliphatic carbocycles. The van der Waals surface area contributed by atoms with Crippen LogP contribution >= 0.6 is 0 Å². The first-order chi connectivity index (χ1) is 4.43. The van der Waals surface area contributed by atoms with Crippen LogP contribution in [0.1, 0.15) is 27.2 Å². The Morgan fingerprint density at radius 2 is 2.00 bits per heavy atom. The van der Waals surface area contributed by atoms with Gasteiger partial charge in [-0.3, -0.25) is 0 Å². The average Bonchev–Trinajstić information content (AvgIpc) is 2.42. The van der Waals surface area contributed by atoms with Crippen LogP contribution < -0.4 is 0 Å². The van der Waals surface area contributed by atoms with Crippen LogP contribution in [0.25, 0.3) is 0 Å². The molecule has 2 unspecified atom stereocenters. The Balaban J connectivity index is 2.50. The minimum atomic E-state index is -0.194. The lowest BCUT2D eigenvalue weighted by molar-refractivity contribution is 0.0478. The maximum atomic E-state index is 9.64. The molecule has 0 saturated heterocycles. The van der Waals surface area contributed by atoms with Crippen molar-refractivity contribution in [2.24, 2.45) is 11.3 Å². The molecule has 2 atom stereocenters. The lowest BCUT2D eigenvalue weighted by Crippen LogP contribution is -2.27. The summed E-state index contributed by atoms with van der Waals surface area (Å²) in [7, 11) is 0. The van der Waals surface area contributed by atoms with Crippen LogP contribution in [-0.4, -0.2) is 11.2 Å². The van der Waals surface area contributed by atoms with Gasteiger partial charge >= 0.3 is 0 Å². The van der Waals surface area contributed by atoms with E-state index >= 15 is 0 Å². The Kier molecular flexibility index (Phi) is 1.63. The van der Waals surface area contributed by atoms with Gasteiger partial charge in [0.25, 0.3) is 0 Å². The van der Waals surface area contributed by atoms with E-state index in [-0.39, 0.29) is 11.5 Å². The van der Waals surface area contributed by atoms with Crippen LogP contribution in [0.4, 0.5) is 0 Å². The minimum absolute atomic E-state index is 0.0180. The molecule has 0 aromatic carbocycles. The maximum Gasteiger partial charge on any atom is 0.0656 e. The van der Waals surface area contributed by atoms with Gasteiger partial charge in [0, 0.05) is 5.92 Å². The first kappa shape index (κ1) is 7.80. The van der Waals surface area contributed by atoms with Crippen molar-refractivity contribution >= 4 is 0 Å². The van der Waals surface area contributed by atoms with E-state index in [1.807, 2.05) is 0 Å². The Hall–Kier alpha value is -0.300. The highest BCUT2D eigenvalue weighted by atomic mass is 16.3. The second kappa shape index (κ2) is 2.09. The molecular weight excluding hydrogens is 124 g/mol. The molecule has 1 aliphatic rings. The quantitative estimate of drug-likeness (QED) is 0.552. The minimum Gasteiger partial charge on any atom is -0.392 e. The Bertz CT molecular complexity index is 153. The summed E-state index contributed by atoms with van der Waals surface area (Å²) in [5.74, 6) is 0.389. The monoisotopic (exact) mass is 140 g/mol. The summed E-state index contributed by atoms with van der Waals surface area (Å²) in [5.41, 5.74) is 1.23. The Labute approximate surface area is 62.8 Å². The van der Waals surface area contributed by atoms with Crippen molar-refractivity contribution in [1.29, 1.82) is 0 Å². The molecule has 0 heterocycles. The zero-order valence-electron chi connectivity index (χ0n) is 7.02. The van der Waals surface area contributed by atoms with Gasteiger partial charge in [-0.2, -0.15) is 0 Å². The van der Waals surface area contributed by atoms with Crippen LogP contribution in [0.3, 0.4) is 0 Å². The number of aliphatic hydroxyl groups excluding tert-OH is 1. The normalized spacial score (nSPS) is 28.4. The van der Waals surface area contributed by atoms with Crippen molar-refractivity contribution in [3.05, 3.63) is 12.2 Å². The van der Waals surface area contributed by atoms with Crippen LogP contribution in [0.15, 0.2) is 12.2 Å². The number of aliphatic hydroxyl groups is 1. The first-order valence-corrected chi connectivity index (χ1v) is 3.78. The highest BCUT2D eigenvalue weighted by Crippen LogP contribution is 2.44. The summed E-state index contributed by atoms with van der Waals surface area (Å²) in [6.45, 7) is 10.00. The molecule has 1 fully saturated rings. The van der Waals surface area contributed by atoms with Gasteiger partial charge in [0.2, 0.25) is 0 Å². The molecule has 1 rings (SSSR count). The smallest absolute Gasteiger partial charge is 0.0656 e. The molecular formula is C9H16O. The van der Waals surface area contributed by atoms with E-state index in [1.165, 1.54) is 5.57 Å². The molecule has 0 radical (unpaired) electrons. The summed E-state index contributed by atoms with van der Waals surface area (Å²) in [6, 6.07) is 0. The highest BCUT2D eigenvalue weighted by molar-refractivity contribution is 5.22. The van der Waals surface area contributed by atoms with E-state index in [4.69, 9.17) is 0 Å². The van der Waals surface area contributed by atoms with Gasteiger partial charge in [-0.15, -0.1) is 0 Å². The molecule has 0 aromatic heterocycles. The topological polar surface area (TPSA) is 20.2 Å². The molecule has 0 aromatic rings. The fraction of sp³-hybridized carbons (Fsp3) is 0.778. The Morgan fingerprint density at radius 1 is 1.60 bits per heavy atom. The van der Waals surface area contributed by atoms with Crippen LogP contribution in [0, 0.1) is 11.3 Å². The van der Waals surface area contributed by atoms with Crippen LogP contribution in [0.5, 0.6) is 0 Å². The third-order valence-electron chi connectivity index (χ3n) is 2.11. The Morgan fingerprint density at radius 3 is 2.10 bits per heavy atom. The van der Waals surface area contributed by atoms with E-state index in [0.717, 1.165) is 6.42 Å². The molecule has 0 spiro atoms. The average molecular weight is 140 g/mol. The molecule has 1 N–H and O–H groups in total. The van der Waals surface area contributed by atoms with E-state index in [9.17, 15) is 5.11 Å². The predicted molar refractivity (Wildman–Crippen MR) is 42.7 cm³/mol. The van der Waals surface area contributed by atoms with E-state index in [2.05, 4.69) is 27.4 Å². The summed E-state index contributed by atoms with van der Waals surface area (Å²) in [4.78, 5) is 0. The van der Waals surface area contributed by atoms with Gasteiger partial charge in [0.1, 0.15) is 0 Å². The van der Waals surface area contributed by atoms with Gasteiger partial charge in [-0.1, -0.05) is 32.9 Å². The largest absolute Gasteiger partial charge is 0.392 e. The van der Waals surface area contributed by atoms with E-state index < -0.39 is 0 Å². The van der Waals surface area contributed by atoms with Crippen molar-refractivity contribution in [3.63, 3.8) is 0 Å². The molecule has 0 aliphatic heterocycles. The number of hydrogen-bond acceptors (Lipinski definition) is 1. The van der Waals surface area contributed by atoms with Crippen LogP contribution in [-0.2, 0) is 0 Å². The van der Waals surface area contributed by atoms with E-state index in [1.54, 1.807) is 0 Å². The molecule has 58 valence electrons. The molecule has 1 saturated carbocycles. The predicted octanol–water partition coefficient (Wildman–Crippen LogP) is 1.97. The molecule has 10 heavy (non-hydrogen) atoms. The second-order valence-corrected chi connectivity index (χ2v) is 4.28. The van der Waals surface area contributed by atoms with Gasteiger partial charge in [0.05, 0.1) is 6.10 Å². The number of rotatable bonds is 1. The lowest BCUT2D eigenvalue weighted by Gasteiger charge is -2.25. The first-order valence-electron chi connectivity index (χ1n) is 3.78. The maximum absolute atomic E-state index is 9.64. The summed E-state index contributed by atoms with van der Waals surface area (Å²) in [6.07, 6.45) is 0.832. The van der Waals surface area contributed by atoms with Crippen molar-refractivity contribution < 1.29 is 5.11 Å². The van der Waals surface area contributed by atoms with Crippen LogP contribution in [0.2, 0.25) is 0 Å². The van der Waals surface area contributed by atoms with Crippen molar-refractivity contribution in [1.82, 2.24) is 0 Å². The summed E-state index contributed by atoms with van der Waals surface area (Å²) >= 11 is 0. The zero-order valence-corrected chi connectivity index (χ0v) is 7.02. The SMILES string of the molecule is C=C1CC1C(O)C(C)(C)C. The summed E-state index contributed by atoms with van der Waals surface area (Å²) in [5, 5.41) is 9.64. The van der Waals surface area contributed by atoms with Crippen molar-refractivity contribution in [2.45, 2.75) is 33.3 Å². The molecule has 1 nitrogen and oxygen atoms in total. The highest BCUT2D eigenvalue weighted by Gasteiger charge is 2.40. The third-order valence-corrected chi connectivity index (χ3v) is 2.11. The van der Waals surface area contributed by atoms with Crippen molar-refractivity contribution in [3.8, 4) is 0 Å². The van der Waals surface area contributed by atoms with Gasteiger partial charge in [-0.25, -0.2) is 0 Å². The fourth-order valence-electron chi connectivity index (χ4n) is 1.16. The molecule has 0 bridgehead atoms. The van der Waals surface area contributed by atoms with Gasteiger partial charge < -0.3 is 5.11 Å². The second-order valence-electron chi connectivity index (χ2n) is 4.28. The number of hydrogen-bond donors (Lipinski definition) is 1. The fourth-order valence-corrected chi connectivity index (χ4v) is 1.16. The summed E-state index contributed by atoms with van der Waals surface area (Å²) < 4.78 is 0. The molecule has 1 heteroatoms. The van der Waals surface area contributed by atoms with Crippen molar-refractivity contribution in [2.75, 3.05) is 0 Å². The van der Waals surface area contributed by atoms with Gasteiger partial charge in [-0.05, 0) is 11.8 Å². The van der Waals surface area contributed by atoms with E-state index in [0.29, 0.717) is 5.92 Å². The standard InChI is InChI=1S/C9H16O/c1-6-5-7(6)8(10)9(2,3)4/h7-8,10H,1,5H2,2-4H3. The van der Waals surface area contributed by atoms with Gasteiger partial charge in [0.15, 0.2) is 0 Å². The molecule has 0 amide bonds. The third kappa shape index (κ3) is 1.40.